The highest BCUT2D eigenvalue weighted by atomic mass is 16.5. The van der Waals surface area contributed by atoms with Gasteiger partial charge >= 0.3 is 0 Å². The van der Waals surface area contributed by atoms with Crippen molar-refractivity contribution in [1.29, 1.82) is 0 Å². The fourth-order valence-corrected chi connectivity index (χ4v) is 2.59. The molecule has 4 aromatic rings. The highest BCUT2D eigenvalue weighted by Gasteiger charge is 2.11. The number of unbranched alkanes of at least 4 members (excludes halogenated alkanes) is 1. The average molecular weight is 350 g/mol. The van der Waals surface area contributed by atoms with Gasteiger partial charge in [-0.15, -0.1) is 0 Å². The van der Waals surface area contributed by atoms with Crippen LogP contribution in [0.5, 0.6) is 11.6 Å². The van der Waals surface area contributed by atoms with Crippen molar-refractivity contribution in [3.05, 3.63) is 48.2 Å². The van der Waals surface area contributed by atoms with Gasteiger partial charge in [0, 0.05) is 23.7 Å². The molecule has 3 heterocycles. The number of hydrogen-bond donors (Lipinski definition) is 0. The molecular formula is C18H18N6O2. The predicted molar refractivity (Wildman–Crippen MR) is 93.9 cm³/mol. The normalized spacial score (nSPS) is 11.2. The van der Waals surface area contributed by atoms with E-state index in [1.54, 1.807) is 4.52 Å². The second-order valence-electron chi connectivity index (χ2n) is 5.95. The van der Waals surface area contributed by atoms with Gasteiger partial charge in [-0.3, -0.25) is 0 Å². The van der Waals surface area contributed by atoms with Gasteiger partial charge in [-0.1, -0.05) is 30.6 Å². The van der Waals surface area contributed by atoms with Crippen LogP contribution in [-0.2, 0) is 6.42 Å². The Kier molecular flexibility index (Phi) is 4.30. The van der Waals surface area contributed by atoms with Crippen LogP contribution >= 0.6 is 0 Å². The highest BCUT2D eigenvalue weighted by Crippen LogP contribution is 2.26. The molecule has 0 atom stereocenters. The summed E-state index contributed by atoms with van der Waals surface area (Å²) in [4.78, 5) is 12.9. The van der Waals surface area contributed by atoms with Crippen molar-refractivity contribution >= 4 is 5.78 Å². The lowest BCUT2D eigenvalue weighted by molar-refractivity contribution is 0.375. The van der Waals surface area contributed by atoms with Crippen LogP contribution < -0.4 is 4.74 Å². The first-order valence-corrected chi connectivity index (χ1v) is 8.51. The fourth-order valence-electron chi connectivity index (χ4n) is 2.59. The Morgan fingerprint density at radius 2 is 2.12 bits per heavy atom. The third-order valence-electron chi connectivity index (χ3n) is 3.87. The molecule has 0 bridgehead atoms. The SMILES string of the molecule is CCCCc1nc(-c2cccc(Oc3cc(C)nc4ncnn34)c2)no1. The zero-order chi connectivity index (χ0) is 17.9. The second-order valence-corrected chi connectivity index (χ2v) is 5.95. The lowest BCUT2D eigenvalue weighted by Gasteiger charge is -2.08. The molecule has 8 nitrogen and oxygen atoms in total. The van der Waals surface area contributed by atoms with Gasteiger partial charge in [0.1, 0.15) is 12.1 Å². The van der Waals surface area contributed by atoms with Crippen LogP contribution in [0, 0.1) is 6.92 Å². The van der Waals surface area contributed by atoms with E-state index in [0.717, 1.165) is 30.5 Å². The van der Waals surface area contributed by atoms with E-state index in [1.165, 1.54) is 6.33 Å². The zero-order valence-corrected chi connectivity index (χ0v) is 14.6. The van der Waals surface area contributed by atoms with Crippen molar-refractivity contribution in [3.8, 4) is 23.0 Å². The Morgan fingerprint density at radius 3 is 3.00 bits per heavy atom. The number of aryl methyl sites for hydroxylation is 2. The van der Waals surface area contributed by atoms with Crippen molar-refractivity contribution in [2.45, 2.75) is 33.1 Å². The standard InChI is InChI=1S/C18H18N6O2/c1-3-4-8-15-22-17(23-26-15)13-6-5-7-14(10-13)25-16-9-12(2)21-18-19-11-20-24(16)18/h5-7,9-11H,3-4,8H2,1-2H3. The van der Waals surface area contributed by atoms with Crippen molar-refractivity contribution in [1.82, 2.24) is 29.7 Å². The van der Waals surface area contributed by atoms with Crippen molar-refractivity contribution < 1.29 is 9.26 Å². The molecule has 0 unspecified atom stereocenters. The Hall–Kier alpha value is -3.29. The maximum absolute atomic E-state index is 6.00. The van der Waals surface area contributed by atoms with E-state index >= 15 is 0 Å². The molecule has 0 radical (unpaired) electrons. The number of rotatable bonds is 6. The summed E-state index contributed by atoms with van der Waals surface area (Å²) in [6, 6.07) is 9.35. The van der Waals surface area contributed by atoms with Gasteiger partial charge < -0.3 is 9.26 Å². The first-order valence-electron chi connectivity index (χ1n) is 8.51. The summed E-state index contributed by atoms with van der Waals surface area (Å²) in [5, 5.41) is 8.21. The molecule has 4 rings (SSSR count). The predicted octanol–water partition coefficient (Wildman–Crippen LogP) is 3.62. The van der Waals surface area contributed by atoms with Gasteiger partial charge in [0.15, 0.2) is 0 Å². The van der Waals surface area contributed by atoms with Crippen LogP contribution in [0.2, 0.25) is 0 Å². The molecule has 3 aromatic heterocycles. The number of ether oxygens (including phenoxy) is 1. The topological polar surface area (TPSA) is 91.2 Å². The average Bonchev–Trinajstić information content (AvgIpc) is 3.29. The molecule has 0 saturated carbocycles. The molecule has 132 valence electrons. The smallest absolute Gasteiger partial charge is 0.255 e. The molecular weight excluding hydrogens is 332 g/mol. The number of hydrogen-bond acceptors (Lipinski definition) is 7. The lowest BCUT2D eigenvalue weighted by Crippen LogP contribution is -1.99. The fraction of sp³-hybridized carbons (Fsp3) is 0.278. The van der Waals surface area contributed by atoms with Gasteiger partial charge in [-0.05, 0) is 25.5 Å². The van der Waals surface area contributed by atoms with Crippen molar-refractivity contribution in [2.24, 2.45) is 0 Å². The van der Waals surface area contributed by atoms with E-state index < -0.39 is 0 Å². The van der Waals surface area contributed by atoms with Crippen molar-refractivity contribution in [2.75, 3.05) is 0 Å². The number of fused-ring (bicyclic) bond motifs is 1. The van der Waals surface area contributed by atoms with Gasteiger partial charge in [0.05, 0.1) is 0 Å². The van der Waals surface area contributed by atoms with E-state index in [-0.39, 0.29) is 0 Å². The molecule has 0 saturated heterocycles. The third-order valence-corrected chi connectivity index (χ3v) is 3.87. The molecule has 26 heavy (non-hydrogen) atoms. The van der Waals surface area contributed by atoms with Gasteiger partial charge in [0.25, 0.3) is 5.78 Å². The zero-order valence-electron chi connectivity index (χ0n) is 14.6. The summed E-state index contributed by atoms with van der Waals surface area (Å²) in [6.45, 7) is 4.01. The van der Waals surface area contributed by atoms with Gasteiger partial charge in [-0.2, -0.15) is 19.6 Å². The van der Waals surface area contributed by atoms with Crippen LogP contribution in [0.25, 0.3) is 17.2 Å². The summed E-state index contributed by atoms with van der Waals surface area (Å²) >= 11 is 0. The minimum Gasteiger partial charge on any atom is -0.439 e. The molecule has 8 heteroatoms. The van der Waals surface area contributed by atoms with E-state index in [2.05, 4.69) is 32.1 Å². The summed E-state index contributed by atoms with van der Waals surface area (Å²) in [6.07, 6.45) is 4.35. The highest BCUT2D eigenvalue weighted by molar-refractivity contribution is 5.57. The molecule has 1 aromatic carbocycles. The maximum Gasteiger partial charge on any atom is 0.255 e. The van der Waals surface area contributed by atoms with Gasteiger partial charge in [0.2, 0.25) is 17.6 Å². The van der Waals surface area contributed by atoms with E-state index in [9.17, 15) is 0 Å². The first kappa shape index (κ1) is 16.2. The number of nitrogens with zero attached hydrogens (tertiary/aromatic N) is 6. The molecule has 0 aliphatic heterocycles. The second kappa shape index (κ2) is 6.91. The van der Waals surface area contributed by atoms with Crippen LogP contribution in [0.3, 0.4) is 0 Å². The van der Waals surface area contributed by atoms with Gasteiger partial charge in [-0.25, -0.2) is 4.98 Å². The summed E-state index contributed by atoms with van der Waals surface area (Å²) in [5.41, 5.74) is 1.63. The Balaban J connectivity index is 1.61. The monoisotopic (exact) mass is 350 g/mol. The molecule has 0 aliphatic carbocycles. The van der Waals surface area contributed by atoms with E-state index in [1.807, 2.05) is 37.3 Å². The van der Waals surface area contributed by atoms with Crippen LogP contribution in [0.4, 0.5) is 0 Å². The van der Waals surface area contributed by atoms with Crippen LogP contribution in [-0.4, -0.2) is 29.7 Å². The van der Waals surface area contributed by atoms with Crippen LogP contribution in [0.15, 0.2) is 41.2 Å². The minimum atomic E-state index is 0.495. The molecule has 0 spiro atoms. The third kappa shape index (κ3) is 3.26. The van der Waals surface area contributed by atoms with Crippen LogP contribution in [0.1, 0.15) is 31.4 Å². The van der Waals surface area contributed by atoms with E-state index in [0.29, 0.717) is 29.1 Å². The number of aromatic nitrogens is 6. The summed E-state index contributed by atoms with van der Waals surface area (Å²) in [5.74, 6) is 2.89. The lowest BCUT2D eigenvalue weighted by atomic mass is 10.2. The Bertz CT molecular complexity index is 1040. The molecule has 0 fully saturated rings. The Morgan fingerprint density at radius 1 is 1.19 bits per heavy atom. The minimum absolute atomic E-state index is 0.495. The van der Waals surface area contributed by atoms with Crippen molar-refractivity contribution in [3.63, 3.8) is 0 Å². The quantitative estimate of drug-likeness (QED) is 0.524. The summed E-state index contributed by atoms with van der Waals surface area (Å²) < 4.78 is 12.9. The first-order chi connectivity index (χ1) is 12.7. The Labute approximate surface area is 149 Å². The summed E-state index contributed by atoms with van der Waals surface area (Å²) in [7, 11) is 0. The largest absolute Gasteiger partial charge is 0.439 e. The number of benzene rings is 1. The molecule has 0 N–H and O–H groups in total. The van der Waals surface area contributed by atoms with E-state index in [4.69, 9.17) is 9.26 Å². The molecule has 0 amide bonds. The maximum atomic E-state index is 6.00. The molecule has 0 aliphatic rings.